The molecule has 16 heteroatoms. The predicted octanol–water partition coefficient (Wildman–Crippen LogP) is 7.11. The molecule has 0 aliphatic heterocycles. The first kappa shape index (κ1) is 36.5. The van der Waals surface area contributed by atoms with Crippen molar-refractivity contribution in [3.63, 3.8) is 0 Å². The minimum absolute atomic E-state index is 0.0150. The summed E-state index contributed by atoms with van der Waals surface area (Å²) in [4.78, 5) is 29.6. The number of nitrogen functional groups attached to an aromatic ring is 1. The number of thiocarbonyl (C=S) groups is 1. The molecule has 1 aliphatic carbocycles. The summed E-state index contributed by atoms with van der Waals surface area (Å²) in [6.45, 7) is 4.40. The van der Waals surface area contributed by atoms with E-state index in [9.17, 15) is 31.5 Å². The molecule has 0 saturated heterocycles. The van der Waals surface area contributed by atoms with Crippen LogP contribution < -0.4 is 26.4 Å². The molecule has 1 aromatic heterocycles. The summed E-state index contributed by atoms with van der Waals surface area (Å²) in [5.74, 6) is -3.10. The molecule has 1 saturated carbocycles. The number of nitrogens with two attached hydrogens (primary N) is 1. The first-order valence-corrected chi connectivity index (χ1v) is 15.2. The van der Waals surface area contributed by atoms with Crippen molar-refractivity contribution in [2.24, 2.45) is 11.3 Å². The normalized spacial score (nSPS) is 17.1. The van der Waals surface area contributed by atoms with Crippen LogP contribution in [0.5, 0.6) is 5.88 Å². The van der Waals surface area contributed by atoms with Crippen molar-refractivity contribution in [1.82, 2.24) is 15.6 Å². The lowest BCUT2D eigenvalue weighted by Gasteiger charge is -2.30. The number of nitrogens with one attached hydrogen (secondary N) is 3. The number of nitrogens with zero attached hydrogens (tertiary/aromatic N) is 1. The molecule has 0 atom stereocenters. The third-order valence-corrected chi connectivity index (χ3v) is 8.20. The van der Waals surface area contributed by atoms with Gasteiger partial charge >= 0.3 is 6.18 Å². The highest BCUT2D eigenvalue weighted by Crippen LogP contribution is 2.38. The number of halogens is 7. The van der Waals surface area contributed by atoms with Crippen LogP contribution >= 0.6 is 35.4 Å². The van der Waals surface area contributed by atoms with Crippen molar-refractivity contribution in [3.8, 4) is 5.88 Å². The average molecular weight is 699 g/mol. The number of pyridine rings is 1. The Morgan fingerprint density at radius 2 is 1.78 bits per heavy atom. The Kier molecular flexibility index (Phi) is 12.2. The first-order chi connectivity index (χ1) is 20.9. The maximum atomic E-state index is 13.2. The Labute approximate surface area is 272 Å². The van der Waals surface area contributed by atoms with Gasteiger partial charge in [-0.25, -0.2) is 8.78 Å². The van der Waals surface area contributed by atoms with Crippen LogP contribution in [0.15, 0.2) is 18.2 Å². The lowest BCUT2D eigenvalue weighted by atomic mass is 9.85. The molecule has 8 nitrogen and oxygen atoms in total. The topological polar surface area (TPSA) is 118 Å². The molecular weight excluding hydrogens is 664 g/mol. The molecular formula is C29H34Cl2F5N5O3S. The number of hydrogen-bond donors (Lipinski definition) is 4. The smallest absolute Gasteiger partial charge is 0.391 e. The maximum absolute atomic E-state index is 13.2. The fraction of sp³-hybridized carbons (Fsp3) is 0.517. The van der Waals surface area contributed by atoms with Gasteiger partial charge in [-0.15, -0.1) is 0 Å². The second kappa shape index (κ2) is 15.1. The summed E-state index contributed by atoms with van der Waals surface area (Å²) in [6, 6.07) is 3.93. The molecule has 248 valence electrons. The zero-order valence-corrected chi connectivity index (χ0v) is 27.0. The van der Waals surface area contributed by atoms with Gasteiger partial charge in [0, 0.05) is 29.4 Å². The van der Waals surface area contributed by atoms with Gasteiger partial charge in [0.15, 0.2) is 12.4 Å². The molecule has 2 aromatic rings. The molecule has 0 radical (unpaired) electrons. The van der Waals surface area contributed by atoms with E-state index >= 15 is 0 Å². The number of benzene rings is 1. The summed E-state index contributed by atoms with van der Waals surface area (Å²) < 4.78 is 70.0. The van der Waals surface area contributed by atoms with E-state index in [0.717, 1.165) is 0 Å². The van der Waals surface area contributed by atoms with Crippen molar-refractivity contribution in [2.75, 3.05) is 17.7 Å². The molecule has 2 amide bonds. The van der Waals surface area contributed by atoms with Crippen LogP contribution in [0, 0.1) is 11.3 Å². The van der Waals surface area contributed by atoms with Gasteiger partial charge in [0.05, 0.1) is 21.6 Å². The molecule has 1 aromatic carbocycles. The van der Waals surface area contributed by atoms with Crippen molar-refractivity contribution >= 4 is 63.7 Å². The van der Waals surface area contributed by atoms with Gasteiger partial charge in [-0.1, -0.05) is 62.3 Å². The fourth-order valence-electron chi connectivity index (χ4n) is 4.59. The zero-order valence-electron chi connectivity index (χ0n) is 24.7. The maximum Gasteiger partial charge on any atom is 0.391 e. The lowest BCUT2D eigenvalue weighted by molar-refractivity contribution is -0.182. The number of carbonyl (C=O) groups excluding carboxylic acids is 2. The van der Waals surface area contributed by atoms with Gasteiger partial charge < -0.3 is 26.4 Å². The Hall–Kier alpha value is -2.97. The Morgan fingerprint density at radius 1 is 1.13 bits per heavy atom. The summed E-state index contributed by atoms with van der Waals surface area (Å²) in [5.41, 5.74) is 6.27. The zero-order chi connectivity index (χ0) is 33.7. The summed E-state index contributed by atoms with van der Waals surface area (Å²) in [5, 5.41) is 8.91. The molecule has 0 bridgehead atoms. The van der Waals surface area contributed by atoms with Crippen molar-refractivity contribution in [2.45, 2.75) is 78.1 Å². The highest BCUT2D eigenvalue weighted by molar-refractivity contribution is 7.80. The van der Waals surface area contributed by atoms with Crippen LogP contribution in [0.3, 0.4) is 0 Å². The quantitative estimate of drug-likeness (QED) is 0.154. The Balaban J connectivity index is 1.79. The monoisotopic (exact) mass is 697 g/mol. The van der Waals surface area contributed by atoms with Crippen LogP contribution in [-0.4, -0.2) is 47.0 Å². The van der Waals surface area contributed by atoms with Crippen LogP contribution in [0.1, 0.15) is 67.9 Å². The van der Waals surface area contributed by atoms with Gasteiger partial charge in [0.25, 0.3) is 12.3 Å². The van der Waals surface area contributed by atoms with E-state index in [0.29, 0.717) is 16.1 Å². The Morgan fingerprint density at radius 3 is 2.36 bits per heavy atom. The van der Waals surface area contributed by atoms with Gasteiger partial charge in [0.2, 0.25) is 11.8 Å². The molecule has 45 heavy (non-hydrogen) atoms. The average Bonchev–Trinajstić information content (AvgIpc) is 2.93. The Bertz CT molecular complexity index is 1410. The van der Waals surface area contributed by atoms with Gasteiger partial charge in [-0.05, 0) is 48.9 Å². The van der Waals surface area contributed by atoms with Crippen molar-refractivity contribution in [1.29, 1.82) is 0 Å². The number of rotatable bonds is 10. The van der Waals surface area contributed by atoms with Crippen LogP contribution in [0.2, 0.25) is 10.0 Å². The second-order valence-corrected chi connectivity index (χ2v) is 13.0. The standard InChI is InChI=1S/C29H34Cl2F5N5O3S/c1-28(2,3)27(43)38-12-14-4-9-19(30)17(23(14)31)11-22(45)40-20-10-18(26(41-24(20)37)44-13-21(32)33)25(42)39-16-7-5-15(6-8-16)29(34,35)36/h4,9-10,15-16,21H,5-8,11-13H2,1-3H3,(H2,37,41)(H,38,43)(H,39,42)(H,40,45). The van der Waals surface area contributed by atoms with E-state index in [2.05, 4.69) is 20.9 Å². The highest BCUT2D eigenvalue weighted by atomic mass is 35.5. The molecule has 1 fully saturated rings. The molecule has 1 heterocycles. The van der Waals surface area contributed by atoms with Crippen molar-refractivity contribution < 1.29 is 36.3 Å². The minimum Gasteiger partial charge on any atom is -0.471 e. The number of aromatic nitrogens is 1. The van der Waals surface area contributed by atoms with E-state index in [4.69, 9.17) is 45.9 Å². The number of anilines is 2. The largest absolute Gasteiger partial charge is 0.471 e. The van der Waals surface area contributed by atoms with E-state index < -0.39 is 48.4 Å². The van der Waals surface area contributed by atoms with E-state index in [1.165, 1.54) is 6.07 Å². The first-order valence-electron chi connectivity index (χ1n) is 14.0. The molecule has 3 rings (SSSR count). The van der Waals surface area contributed by atoms with E-state index in [1.807, 2.05) is 0 Å². The molecule has 1 aliphatic rings. The molecule has 0 spiro atoms. The third kappa shape index (κ3) is 10.3. The fourth-order valence-corrected chi connectivity index (χ4v) is 5.42. The van der Waals surface area contributed by atoms with Crippen molar-refractivity contribution in [3.05, 3.63) is 44.9 Å². The number of amides is 2. The van der Waals surface area contributed by atoms with Gasteiger partial charge in [0.1, 0.15) is 5.56 Å². The summed E-state index contributed by atoms with van der Waals surface area (Å²) >= 11 is 18.5. The lowest BCUT2D eigenvalue weighted by Crippen LogP contribution is -2.40. The number of ether oxygens (including phenoxy) is 1. The summed E-state index contributed by atoms with van der Waals surface area (Å²) in [7, 11) is 0. The minimum atomic E-state index is -4.32. The van der Waals surface area contributed by atoms with Crippen LogP contribution in [0.4, 0.5) is 33.5 Å². The molecule has 0 unspecified atom stereocenters. The number of hydrogen-bond acceptors (Lipinski definition) is 6. The van der Waals surface area contributed by atoms with Crippen LogP contribution in [-0.2, 0) is 17.8 Å². The highest BCUT2D eigenvalue weighted by Gasteiger charge is 2.41. The van der Waals surface area contributed by atoms with Crippen LogP contribution in [0.25, 0.3) is 0 Å². The van der Waals surface area contributed by atoms with E-state index in [1.54, 1.807) is 32.9 Å². The van der Waals surface area contributed by atoms with E-state index in [-0.39, 0.29) is 71.6 Å². The second-order valence-electron chi connectivity index (χ2n) is 11.7. The summed E-state index contributed by atoms with van der Waals surface area (Å²) in [6.07, 6.45) is -7.31. The predicted molar refractivity (Wildman–Crippen MR) is 167 cm³/mol. The molecule has 5 N–H and O–H groups in total. The number of alkyl halides is 5. The van der Waals surface area contributed by atoms with Gasteiger partial charge in [-0.3, -0.25) is 9.59 Å². The number of carbonyl (C=O) groups is 2. The van der Waals surface area contributed by atoms with Gasteiger partial charge in [-0.2, -0.15) is 18.2 Å². The third-order valence-electron chi connectivity index (χ3n) is 7.13. The SMILES string of the molecule is CC(C)(C)C(=O)NCc1ccc(Cl)c(CC(=S)Nc2cc(C(=O)NC3CCC(C(F)(F)F)CC3)c(OCC(F)F)nc2N)c1Cl.